The fraction of sp³-hybridized carbons (Fsp3) is 0.278. The highest BCUT2D eigenvalue weighted by Gasteiger charge is 2.21. The minimum Gasteiger partial charge on any atom is -0.378 e. The number of carbonyl (C=O) groups is 1. The monoisotopic (exact) mass is 484 g/mol. The van der Waals surface area contributed by atoms with Crippen LogP contribution < -0.4 is 4.72 Å². The number of hydrogen-bond donors (Lipinski definition) is 1. The van der Waals surface area contributed by atoms with Crippen molar-refractivity contribution in [1.29, 1.82) is 0 Å². The van der Waals surface area contributed by atoms with Crippen molar-refractivity contribution < 1.29 is 17.9 Å². The van der Waals surface area contributed by atoms with E-state index < -0.39 is 10.0 Å². The van der Waals surface area contributed by atoms with Gasteiger partial charge in [-0.2, -0.15) is 4.37 Å². The van der Waals surface area contributed by atoms with Crippen molar-refractivity contribution in [3.8, 4) is 10.4 Å². The van der Waals surface area contributed by atoms with Crippen LogP contribution in [0.25, 0.3) is 10.4 Å². The highest BCUT2D eigenvalue weighted by molar-refractivity contribution is 7.93. The van der Waals surface area contributed by atoms with Crippen molar-refractivity contribution in [3.63, 3.8) is 0 Å². The molecule has 0 saturated carbocycles. The standard InChI is InChI=1S/C18H17ClN4O4S3/c19-15-6-5-14(28-15)12-1-3-13(4-2-12)30(25,26)22-18-20-16(21-29-18)11-17(24)23-7-9-27-10-8-23/h1-6H,7-11H2,(H,20,21,22). The molecule has 0 radical (unpaired) electrons. The summed E-state index contributed by atoms with van der Waals surface area (Å²) in [6.45, 7) is 2.10. The molecule has 2 aromatic heterocycles. The van der Waals surface area contributed by atoms with E-state index in [4.69, 9.17) is 16.3 Å². The summed E-state index contributed by atoms with van der Waals surface area (Å²) >= 11 is 8.28. The molecule has 1 N–H and O–H groups in total. The second-order valence-corrected chi connectivity index (χ2v) is 10.6. The lowest BCUT2D eigenvalue weighted by atomic mass is 10.2. The Hall–Kier alpha value is -2.05. The predicted molar refractivity (Wildman–Crippen MR) is 117 cm³/mol. The van der Waals surface area contributed by atoms with E-state index in [9.17, 15) is 13.2 Å². The lowest BCUT2D eigenvalue weighted by Gasteiger charge is -2.26. The molecule has 1 aliphatic rings. The number of sulfonamides is 1. The summed E-state index contributed by atoms with van der Waals surface area (Å²) in [6, 6.07) is 10.2. The highest BCUT2D eigenvalue weighted by Crippen LogP contribution is 2.31. The van der Waals surface area contributed by atoms with Crippen LogP contribution in [-0.2, 0) is 26.0 Å². The summed E-state index contributed by atoms with van der Waals surface area (Å²) in [7, 11) is -3.82. The number of rotatable bonds is 6. The molecule has 4 rings (SSSR count). The SMILES string of the molecule is O=C(Cc1nsc(NS(=O)(=O)c2ccc(-c3ccc(Cl)s3)cc2)n1)N1CCOCC1. The second kappa shape index (κ2) is 8.98. The Kier molecular flexibility index (Phi) is 6.34. The van der Waals surface area contributed by atoms with E-state index in [1.54, 1.807) is 23.1 Å². The van der Waals surface area contributed by atoms with Gasteiger partial charge in [-0.25, -0.2) is 13.4 Å². The first-order valence-electron chi connectivity index (χ1n) is 8.97. The molecule has 1 aromatic carbocycles. The molecule has 3 aromatic rings. The van der Waals surface area contributed by atoms with Crippen molar-refractivity contribution in [2.45, 2.75) is 11.3 Å². The number of ether oxygens (including phenoxy) is 1. The van der Waals surface area contributed by atoms with Crippen LogP contribution in [-0.4, -0.2) is 54.9 Å². The molecule has 1 amide bonds. The average Bonchev–Trinajstić information content (AvgIpc) is 3.37. The third-order valence-corrected chi connectivity index (χ3v) is 7.82. The molecular weight excluding hydrogens is 468 g/mol. The van der Waals surface area contributed by atoms with E-state index in [0.717, 1.165) is 22.0 Å². The number of morpholine rings is 1. The number of nitrogens with zero attached hydrogens (tertiary/aromatic N) is 3. The lowest BCUT2D eigenvalue weighted by Crippen LogP contribution is -2.41. The number of anilines is 1. The van der Waals surface area contributed by atoms with Gasteiger partial charge in [-0.1, -0.05) is 23.7 Å². The third-order valence-electron chi connectivity index (χ3n) is 4.39. The molecule has 1 aliphatic heterocycles. The number of halogens is 1. The normalized spacial score (nSPS) is 14.6. The van der Waals surface area contributed by atoms with Crippen LogP contribution in [0.5, 0.6) is 0 Å². The number of amides is 1. The van der Waals surface area contributed by atoms with Crippen LogP contribution in [0.15, 0.2) is 41.3 Å². The molecule has 1 saturated heterocycles. The molecule has 0 aliphatic carbocycles. The van der Waals surface area contributed by atoms with E-state index in [1.165, 1.54) is 23.5 Å². The molecule has 1 fully saturated rings. The minimum atomic E-state index is -3.82. The maximum Gasteiger partial charge on any atom is 0.263 e. The molecule has 30 heavy (non-hydrogen) atoms. The largest absolute Gasteiger partial charge is 0.378 e. The highest BCUT2D eigenvalue weighted by atomic mass is 35.5. The van der Waals surface area contributed by atoms with Gasteiger partial charge in [0.05, 0.1) is 28.9 Å². The van der Waals surface area contributed by atoms with Crippen LogP contribution in [0.1, 0.15) is 5.82 Å². The maximum atomic E-state index is 12.7. The van der Waals surface area contributed by atoms with Crippen molar-refractivity contribution in [2.24, 2.45) is 0 Å². The Morgan fingerprint density at radius 1 is 1.17 bits per heavy atom. The van der Waals surface area contributed by atoms with E-state index >= 15 is 0 Å². The number of aromatic nitrogens is 2. The quantitative estimate of drug-likeness (QED) is 0.576. The van der Waals surface area contributed by atoms with E-state index in [-0.39, 0.29) is 22.4 Å². The zero-order valence-corrected chi connectivity index (χ0v) is 18.8. The fourth-order valence-corrected chi connectivity index (χ4v) is 5.73. The fourth-order valence-electron chi connectivity index (χ4n) is 2.87. The van der Waals surface area contributed by atoms with Crippen LogP contribution >= 0.6 is 34.5 Å². The van der Waals surface area contributed by atoms with Crippen LogP contribution in [0.3, 0.4) is 0 Å². The summed E-state index contributed by atoms with van der Waals surface area (Å²) in [5.74, 6) is 0.189. The summed E-state index contributed by atoms with van der Waals surface area (Å²) < 4.78 is 37.7. The van der Waals surface area contributed by atoms with E-state index in [2.05, 4.69) is 14.1 Å². The Bertz CT molecular complexity index is 1140. The first-order chi connectivity index (χ1) is 14.4. The first-order valence-corrected chi connectivity index (χ1v) is 12.4. The Morgan fingerprint density at radius 3 is 2.57 bits per heavy atom. The Labute approximate surface area is 186 Å². The van der Waals surface area contributed by atoms with Crippen molar-refractivity contribution in [2.75, 3.05) is 31.0 Å². The minimum absolute atomic E-state index is 0.0241. The molecule has 3 heterocycles. The summed E-state index contributed by atoms with van der Waals surface area (Å²) in [4.78, 5) is 19.2. The first kappa shape index (κ1) is 21.2. The van der Waals surface area contributed by atoms with Gasteiger partial charge >= 0.3 is 0 Å². The van der Waals surface area contributed by atoms with Crippen molar-refractivity contribution in [1.82, 2.24) is 14.3 Å². The van der Waals surface area contributed by atoms with Gasteiger partial charge in [0, 0.05) is 29.5 Å². The summed E-state index contributed by atoms with van der Waals surface area (Å²) in [6.07, 6.45) is 0.0241. The van der Waals surface area contributed by atoms with E-state index in [1.807, 2.05) is 6.07 Å². The third kappa shape index (κ3) is 4.98. The zero-order valence-electron chi connectivity index (χ0n) is 15.6. The van der Waals surface area contributed by atoms with Gasteiger partial charge in [0.2, 0.25) is 11.0 Å². The smallest absolute Gasteiger partial charge is 0.263 e. The lowest BCUT2D eigenvalue weighted by molar-refractivity contribution is -0.134. The molecule has 0 bridgehead atoms. The molecule has 158 valence electrons. The van der Waals surface area contributed by atoms with Gasteiger partial charge in [-0.15, -0.1) is 11.3 Å². The molecule has 0 atom stereocenters. The number of hydrogen-bond acceptors (Lipinski definition) is 8. The van der Waals surface area contributed by atoms with Gasteiger partial charge in [-0.3, -0.25) is 9.52 Å². The van der Waals surface area contributed by atoms with Gasteiger partial charge in [0.1, 0.15) is 0 Å². The zero-order chi connectivity index (χ0) is 21.1. The van der Waals surface area contributed by atoms with Crippen LogP contribution in [0.2, 0.25) is 4.34 Å². The number of nitrogens with one attached hydrogen (secondary N) is 1. The summed E-state index contributed by atoms with van der Waals surface area (Å²) in [5.41, 5.74) is 0.880. The Morgan fingerprint density at radius 2 is 1.90 bits per heavy atom. The number of carbonyl (C=O) groups excluding carboxylic acids is 1. The molecule has 0 spiro atoms. The molecular formula is C18H17ClN4O4S3. The molecule has 8 nitrogen and oxygen atoms in total. The van der Waals surface area contributed by atoms with Crippen molar-refractivity contribution in [3.05, 3.63) is 46.6 Å². The van der Waals surface area contributed by atoms with Gasteiger partial charge in [0.15, 0.2) is 5.82 Å². The van der Waals surface area contributed by atoms with E-state index in [0.29, 0.717) is 36.5 Å². The predicted octanol–water partition coefficient (Wildman–Crippen LogP) is 3.12. The Balaban J connectivity index is 1.41. The number of thiophene rings is 1. The molecule has 12 heteroatoms. The van der Waals surface area contributed by atoms with Gasteiger partial charge < -0.3 is 9.64 Å². The second-order valence-electron chi connectivity index (χ2n) is 6.42. The maximum absolute atomic E-state index is 12.7. The van der Waals surface area contributed by atoms with Gasteiger partial charge in [-0.05, 0) is 29.8 Å². The number of benzene rings is 1. The molecule has 0 unspecified atom stereocenters. The average molecular weight is 485 g/mol. The topological polar surface area (TPSA) is 101 Å². The van der Waals surface area contributed by atoms with Crippen LogP contribution in [0.4, 0.5) is 5.13 Å². The summed E-state index contributed by atoms with van der Waals surface area (Å²) in [5, 5.41) is 0.119. The van der Waals surface area contributed by atoms with Crippen molar-refractivity contribution >= 4 is 55.5 Å². The van der Waals surface area contributed by atoms with Gasteiger partial charge in [0.25, 0.3) is 10.0 Å². The van der Waals surface area contributed by atoms with Crippen LogP contribution in [0, 0.1) is 0 Å².